The maximum atomic E-state index is 5.72. The standard InChI is InChI=1S/C11H21NO2.C11H19NO/c1-9(2)14-8-11-4-3-10-7-13-6-5-12(10)11;1-9(2)13-8-11-4-5-12(11)7-10(3)6-11/h9-11H,3-8H2,1-2H3;9H,3-8H2,1-2H3. The number of hydrogen-bond donors (Lipinski definition) is 0. The Balaban J connectivity index is 0.000000156. The second-order valence-corrected chi connectivity index (χ2v) is 9.26. The van der Waals surface area contributed by atoms with Crippen molar-refractivity contribution in [1.82, 2.24) is 9.80 Å². The van der Waals surface area contributed by atoms with Crippen LogP contribution in [0.5, 0.6) is 0 Å². The first-order valence-electron chi connectivity index (χ1n) is 10.9. The fraction of sp³-hybridized carbons (Fsp3) is 0.909. The van der Waals surface area contributed by atoms with Crippen molar-refractivity contribution in [2.75, 3.05) is 46.1 Å². The second kappa shape index (κ2) is 9.36. The number of nitrogens with zero attached hydrogens (tertiary/aromatic N) is 2. The predicted octanol–water partition coefficient (Wildman–Crippen LogP) is 3.09. The quantitative estimate of drug-likeness (QED) is 0.662. The number of rotatable bonds is 6. The molecular weight excluding hydrogens is 340 g/mol. The van der Waals surface area contributed by atoms with E-state index < -0.39 is 0 Å². The second-order valence-electron chi connectivity index (χ2n) is 9.26. The lowest BCUT2D eigenvalue weighted by Gasteiger charge is -2.47. The molecule has 4 aliphatic heterocycles. The Hall–Kier alpha value is -0.460. The third-order valence-corrected chi connectivity index (χ3v) is 6.39. The first-order chi connectivity index (χ1) is 12.9. The molecule has 0 aromatic heterocycles. The summed E-state index contributed by atoms with van der Waals surface area (Å²) < 4.78 is 16.9. The molecule has 3 unspecified atom stereocenters. The Morgan fingerprint density at radius 2 is 1.93 bits per heavy atom. The Morgan fingerprint density at radius 3 is 2.56 bits per heavy atom. The molecule has 27 heavy (non-hydrogen) atoms. The van der Waals surface area contributed by atoms with E-state index in [2.05, 4.69) is 44.1 Å². The van der Waals surface area contributed by atoms with Crippen molar-refractivity contribution in [2.45, 2.75) is 83.2 Å². The maximum Gasteiger partial charge on any atom is 0.0657 e. The summed E-state index contributed by atoms with van der Waals surface area (Å²) in [5.41, 5.74) is 1.73. The lowest BCUT2D eigenvalue weighted by Crippen LogP contribution is -2.58. The van der Waals surface area contributed by atoms with Crippen molar-refractivity contribution < 1.29 is 14.2 Å². The molecule has 0 aliphatic carbocycles. The van der Waals surface area contributed by atoms with Crippen LogP contribution in [0.25, 0.3) is 0 Å². The molecule has 0 N–H and O–H groups in total. The Morgan fingerprint density at radius 1 is 1.15 bits per heavy atom. The van der Waals surface area contributed by atoms with Gasteiger partial charge in [-0.3, -0.25) is 9.80 Å². The topological polar surface area (TPSA) is 34.2 Å². The largest absolute Gasteiger partial charge is 0.378 e. The van der Waals surface area contributed by atoms with Gasteiger partial charge in [0, 0.05) is 37.3 Å². The van der Waals surface area contributed by atoms with Gasteiger partial charge in [-0.05, 0) is 53.4 Å². The molecule has 0 aromatic rings. The van der Waals surface area contributed by atoms with E-state index in [0.29, 0.717) is 29.8 Å². The van der Waals surface area contributed by atoms with Crippen LogP contribution in [0.4, 0.5) is 0 Å². The highest BCUT2D eigenvalue weighted by molar-refractivity contribution is 5.20. The summed E-state index contributed by atoms with van der Waals surface area (Å²) in [5.74, 6) is 0. The van der Waals surface area contributed by atoms with Gasteiger partial charge >= 0.3 is 0 Å². The number of morpholine rings is 1. The highest BCUT2D eigenvalue weighted by atomic mass is 16.5. The fourth-order valence-electron chi connectivity index (χ4n) is 4.79. The van der Waals surface area contributed by atoms with Crippen LogP contribution in [-0.2, 0) is 14.2 Å². The van der Waals surface area contributed by atoms with Crippen LogP contribution in [0, 0.1) is 0 Å². The summed E-state index contributed by atoms with van der Waals surface area (Å²) in [5, 5.41) is 0. The van der Waals surface area contributed by atoms with E-state index in [1.165, 1.54) is 31.4 Å². The van der Waals surface area contributed by atoms with Gasteiger partial charge in [0.25, 0.3) is 0 Å². The maximum absolute atomic E-state index is 5.72. The van der Waals surface area contributed by atoms with E-state index in [-0.39, 0.29) is 0 Å². The molecule has 4 aliphatic rings. The van der Waals surface area contributed by atoms with Crippen LogP contribution in [0.1, 0.15) is 53.4 Å². The third-order valence-electron chi connectivity index (χ3n) is 6.39. The van der Waals surface area contributed by atoms with Gasteiger partial charge in [0.05, 0.1) is 38.6 Å². The molecule has 0 aromatic carbocycles. The van der Waals surface area contributed by atoms with E-state index in [1.54, 1.807) is 0 Å². The third kappa shape index (κ3) is 5.33. The predicted molar refractivity (Wildman–Crippen MR) is 109 cm³/mol. The molecule has 4 rings (SSSR count). The molecule has 0 spiro atoms. The summed E-state index contributed by atoms with van der Waals surface area (Å²) in [4.78, 5) is 5.09. The monoisotopic (exact) mass is 380 g/mol. The van der Waals surface area contributed by atoms with E-state index >= 15 is 0 Å². The molecule has 4 heterocycles. The van der Waals surface area contributed by atoms with E-state index in [1.807, 2.05) is 0 Å². The minimum absolute atomic E-state index is 0.349. The zero-order valence-electron chi connectivity index (χ0n) is 17.9. The first-order valence-corrected chi connectivity index (χ1v) is 10.9. The van der Waals surface area contributed by atoms with Gasteiger partial charge in [0.2, 0.25) is 0 Å². The molecule has 5 heteroatoms. The number of fused-ring (bicyclic) bond motifs is 2. The van der Waals surface area contributed by atoms with Crippen LogP contribution >= 0.6 is 0 Å². The van der Waals surface area contributed by atoms with Crippen LogP contribution in [-0.4, -0.2) is 85.7 Å². The van der Waals surface area contributed by atoms with Crippen molar-refractivity contribution in [1.29, 1.82) is 0 Å². The molecule has 0 amide bonds. The van der Waals surface area contributed by atoms with Crippen molar-refractivity contribution in [3.8, 4) is 0 Å². The molecule has 0 saturated carbocycles. The van der Waals surface area contributed by atoms with Gasteiger partial charge in [0.1, 0.15) is 0 Å². The summed E-state index contributed by atoms with van der Waals surface area (Å²) >= 11 is 0. The lowest BCUT2D eigenvalue weighted by atomic mass is 9.85. The SMILES string of the molecule is C=C1CN2CCC2(COC(C)C)C1.CC(C)OCC1CCC2COCCN21. The van der Waals surface area contributed by atoms with Gasteiger partial charge in [-0.25, -0.2) is 0 Å². The average Bonchev–Trinajstić information content (AvgIpc) is 3.13. The highest BCUT2D eigenvalue weighted by Crippen LogP contribution is 2.42. The molecule has 5 nitrogen and oxygen atoms in total. The number of hydrogen-bond acceptors (Lipinski definition) is 5. The van der Waals surface area contributed by atoms with E-state index in [4.69, 9.17) is 14.2 Å². The lowest BCUT2D eigenvalue weighted by molar-refractivity contribution is -0.0647. The first kappa shape index (κ1) is 21.3. The van der Waals surface area contributed by atoms with Gasteiger partial charge in [-0.1, -0.05) is 12.2 Å². The van der Waals surface area contributed by atoms with Crippen LogP contribution in [0.15, 0.2) is 12.2 Å². The zero-order valence-corrected chi connectivity index (χ0v) is 17.9. The minimum Gasteiger partial charge on any atom is -0.378 e. The smallest absolute Gasteiger partial charge is 0.0657 e. The summed E-state index contributed by atoms with van der Waals surface area (Å²) in [6.45, 7) is 19.5. The Labute approximate surface area is 166 Å². The fourth-order valence-corrected chi connectivity index (χ4v) is 4.79. The summed E-state index contributed by atoms with van der Waals surface area (Å²) in [7, 11) is 0. The Bertz CT molecular complexity index is 496. The van der Waals surface area contributed by atoms with E-state index in [0.717, 1.165) is 45.9 Å². The van der Waals surface area contributed by atoms with Crippen LogP contribution in [0.2, 0.25) is 0 Å². The average molecular weight is 381 g/mol. The van der Waals surface area contributed by atoms with Crippen molar-refractivity contribution in [2.24, 2.45) is 0 Å². The Kier molecular flexibility index (Phi) is 7.37. The van der Waals surface area contributed by atoms with Crippen molar-refractivity contribution >= 4 is 0 Å². The van der Waals surface area contributed by atoms with Gasteiger partial charge in [0.15, 0.2) is 0 Å². The zero-order chi connectivity index (χ0) is 19.4. The van der Waals surface area contributed by atoms with Crippen molar-refractivity contribution in [3.05, 3.63) is 12.2 Å². The normalized spacial score (nSPS) is 33.6. The molecule has 0 bridgehead atoms. The molecular formula is C22H40N2O3. The van der Waals surface area contributed by atoms with Crippen LogP contribution in [0.3, 0.4) is 0 Å². The van der Waals surface area contributed by atoms with Gasteiger partial charge < -0.3 is 14.2 Å². The molecule has 4 saturated heterocycles. The van der Waals surface area contributed by atoms with E-state index in [9.17, 15) is 0 Å². The van der Waals surface area contributed by atoms with Gasteiger partial charge in [-0.15, -0.1) is 0 Å². The number of ether oxygens (including phenoxy) is 3. The summed E-state index contributed by atoms with van der Waals surface area (Å²) in [6, 6.07) is 1.32. The molecule has 156 valence electrons. The highest BCUT2D eigenvalue weighted by Gasteiger charge is 2.49. The molecule has 0 radical (unpaired) electrons. The molecule has 3 atom stereocenters. The van der Waals surface area contributed by atoms with Gasteiger partial charge in [-0.2, -0.15) is 0 Å². The van der Waals surface area contributed by atoms with Crippen LogP contribution < -0.4 is 0 Å². The summed E-state index contributed by atoms with van der Waals surface area (Å²) in [6.07, 6.45) is 5.71. The minimum atomic E-state index is 0.349. The molecule has 4 fully saturated rings. The van der Waals surface area contributed by atoms with Crippen molar-refractivity contribution in [3.63, 3.8) is 0 Å².